The van der Waals surface area contributed by atoms with Gasteiger partial charge < -0.3 is 5.32 Å². The second-order valence-corrected chi connectivity index (χ2v) is 8.02. The first-order chi connectivity index (χ1) is 11.9. The molecule has 0 saturated carbocycles. The van der Waals surface area contributed by atoms with E-state index in [0.29, 0.717) is 17.2 Å². The van der Waals surface area contributed by atoms with Gasteiger partial charge in [0.2, 0.25) is 5.91 Å². The number of hydrogen-bond acceptors (Lipinski definition) is 5. The minimum atomic E-state index is -0.559. The van der Waals surface area contributed by atoms with E-state index in [1.165, 1.54) is 41.3 Å². The fourth-order valence-corrected chi connectivity index (χ4v) is 4.34. The number of rotatable bonds is 5. The number of aryl methyl sites for hydroxylation is 1. The molecule has 0 fully saturated rings. The first-order valence-corrected chi connectivity index (χ1v) is 9.48. The lowest BCUT2D eigenvalue weighted by atomic mass is 10.2. The zero-order chi connectivity index (χ0) is 18.0. The van der Waals surface area contributed by atoms with Gasteiger partial charge in [0.1, 0.15) is 11.1 Å². The van der Waals surface area contributed by atoms with Crippen molar-refractivity contribution in [2.75, 3.05) is 5.32 Å². The van der Waals surface area contributed by atoms with E-state index in [9.17, 15) is 14.0 Å². The SMILES string of the molecule is Cc1csc(CC2=NC(=O)[C@H](CC(=O)Nc3ccc(F)c(Cl)c3)S2)n1. The Morgan fingerprint density at radius 2 is 2.24 bits per heavy atom. The van der Waals surface area contributed by atoms with E-state index in [-0.39, 0.29) is 23.3 Å². The minimum absolute atomic E-state index is 0.0115. The maximum Gasteiger partial charge on any atom is 0.260 e. The molecule has 0 aliphatic carbocycles. The van der Waals surface area contributed by atoms with E-state index in [1.807, 2.05) is 12.3 Å². The minimum Gasteiger partial charge on any atom is -0.326 e. The fraction of sp³-hybridized carbons (Fsp3) is 0.250. The highest BCUT2D eigenvalue weighted by atomic mass is 35.5. The summed E-state index contributed by atoms with van der Waals surface area (Å²) in [7, 11) is 0. The maximum absolute atomic E-state index is 13.1. The lowest BCUT2D eigenvalue weighted by Gasteiger charge is -2.08. The number of aliphatic imine (C=N–C) groups is 1. The summed E-state index contributed by atoms with van der Waals surface area (Å²) in [4.78, 5) is 32.5. The maximum atomic E-state index is 13.1. The third kappa shape index (κ3) is 4.65. The number of halogens is 2. The molecule has 0 spiro atoms. The monoisotopic (exact) mass is 397 g/mol. The van der Waals surface area contributed by atoms with Crippen LogP contribution in [-0.4, -0.2) is 27.1 Å². The molecule has 3 rings (SSSR count). The average molecular weight is 398 g/mol. The van der Waals surface area contributed by atoms with Crippen LogP contribution in [0.1, 0.15) is 17.1 Å². The van der Waals surface area contributed by atoms with E-state index in [4.69, 9.17) is 11.6 Å². The van der Waals surface area contributed by atoms with Crippen LogP contribution in [0.5, 0.6) is 0 Å². The summed E-state index contributed by atoms with van der Waals surface area (Å²) in [5, 5.41) is 5.48. The van der Waals surface area contributed by atoms with E-state index >= 15 is 0 Å². The first kappa shape index (κ1) is 18.0. The number of carbonyl (C=O) groups excluding carboxylic acids is 2. The highest BCUT2D eigenvalue weighted by Crippen LogP contribution is 2.28. The van der Waals surface area contributed by atoms with Crippen LogP contribution in [0.2, 0.25) is 5.02 Å². The van der Waals surface area contributed by atoms with Gasteiger partial charge in [-0.3, -0.25) is 9.59 Å². The van der Waals surface area contributed by atoms with Crippen molar-refractivity contribution < 1.29 is 14.0 Å². The van der Waals surface area contributed by atoms with Crippen LogP contribution in [-0.2, 0) is 16.0 Å². The molecule has 2 amide bonds. The standard InChI is InChI=1S/C16H13ClFN3O2S2/c1-8-7-24-14(19-8)6-15-21-16(23)12(25-15)5-13(22)20-9-2-3-11(18)10(17)4-9/h2-4,7,12H,5-6H2,1H3,(H,20,22)/t12-/m0/s1. The fourth-order valence-electron chi connectivity index (χ4n) is 2.21. The highest BCUT2D eigenvalue weighted by Gasteiger charge is 2.30. The number of benzene rings is 1. The third-order valence-electron chi connectivity index (χ3n) is 3.33. The van der Waals surface area contributed by atoms with Gasteiger partial charge in [0.05, 0.1) is 15.1 Å². The Bertz CT molecular complexity index is 869. The number of amides is 2. The van der Waals surface area contributed by atoms with Crippen LogP contribution in [0.4, 0.5) is 10.1 Å². The molecule has 2 heterocycles. The van der Waals surface area contributed by atoms with Gasteiger partial charge >= 0.3 is 0 Å². The van der Waals surface area contributed by atoms with E-state index in [1.54, 1.807) is 0 Å². The molecule has 25 heavy (non-hydrogen) atoms. The average Bonchev–Trinajstić information content (AvgIpc) is 3.09. The Balaban J connectivity index is 1.55. The summed E-state index contributed by atoms with van der Waals surface area (Å²) in [6.45, 7) is 1.91. The highest BCUT2D eigenvalue weighted by molar-refractivity contribution is 8.15. The predicted molar refractivity (Wildman–Crippen MR) is 99.0 cm³/mol. The topological polar surface area (TPSA) is 71.4 Å². The second-order valence-electron chi connectivity index (χ2n) is 5.39. The van der Waals surface area contributed by atoms with Crippen LogP contribution >= 0.6 is 34.7 Å². The van der Waals surface area contributed by atoms with Gasteiger partial charge in [-0.2, -0.15) is 0 Å². The molecule has 0 unspecified atom stereocenters. The number of hydrogen-bond donors (Lipinski definition) is 1. The van der Waals surface area contributed by atoms with Crippen molar-refractivity contribution in [2.45, 2.75) is 25.0 Å². The van der Waals surface area contributed by atoms with Gasteiger partial charge in [-0.25, -0.2) is 14.4 Å². The summed E-state index contributed by atoms with van der Waals surface area (Å²) in [5.41, 5.74) is 1.31. The van der Waals surface area contributed by atoms with E-state index in [2.05, 4.69) is 15.3 Å². The molecule has 0 bridgehead atoms. The second kappa shape index (κ2) is 7.63. The van der Waals surface area contributed by atoms with Crippen molar-refractivity contribution >= 4 is 57.2 Å². The molecule has 1 aliphatic heterocycles. The van der Waals surface area contributed by atoms with Crippen LogP contribution in [0, 0.1) is 12.7 Å². The molecule has 9 heteroatoms. The number of aromatic nitrogens is 1. The smallest absolute Gasteiger partial charge is 0.260 e. The van der Waals surface area contributed by atoms with Crippen LogP contribution in [0.15, 0.2) is 28.6 Å². The van der Waals surface area contributed by atoms with E-state index < -0.39 is 11.1 Å². The van der Waals surface area contributed by atoms with Gasteiger partial charge in [-0.1, -0.05) is 23.4 Å². The van der Waals surface area contributed by atoms with Crippen molar-refractivity contribution in [3.05, 3.63) is 45.1 Å². The van der Waals surface area contributed by atoms with Crippen molar-refractivity contribution in [3.8, 4) is 0 Å². The number of thiazole rings is 1. The third-order valence-corrected chi connectivity index (χ3v) is 5.75. The lowest BCUT2D eigenvalue weighted by Crippen LogP contribution is -2.21. The molecule has 1 aromatic heterocycles. The van der Waals surface area contributed by atoms with Crippen molar-refractivity contribution in [1.82, 2.24) is 4.98 Å². The number of carbonyl (C=O) groups is 2. The molecule has 0 radical (unpaired) electrons. The Morgan fingerprint density at radius 3 is 2.92 bits per heavy atom. The first-order valence-electron chi connectivity index (χ1n) is 7.34. The van der Waals surface area contributed by atoms with Crippen LogP contribution in [0.3, 0.4) is 0 Å². The summed E-state index contributed by atoms with van der Waals surface area (Å²) in [6, 6.07) is 3.91. The predicted octanol–water partition coefficient (Wildman–Crippen LogP) is 3.86. The number of nitrogens with zero attached hydrogens (tertiary/aromatic N) is 2. The van der Waals surface area contributed by atoms with Crippen molar-refractivity contribution in [1.29, 1.82) is 0 Å². The van der Waals surface area contributed by atoms with Gasteiger partial charge in [-0.05, 0) is 25.1 Å². The van der Waals surface area contributed by atoms with Crippen LogP contribution in [0.25, 0.3) is 0 Å². The van der Waals surface area contributed by atoms with Gasteiger partial charge in [0, 0.05) is 29.6 Å². The molecule has 2 aromatic rings. The Labute approximate surface area is 156 Å². The van der Waals surface area contributed by atoms with Gasteiger partial charge in [0.15, 0.2) is 0 Å². The van der Waals surface area contributed by atoms with Crippen LogP contribution < -0.4 is 5.32 Å². The largest absolute Gasteiger partial charge is 0.326 e. The van der Waals surface area contributed by atoms with Crippen molar-refractivity contribution in [2.24, 2.45) is 4.99 Å². The molecular weight excluding hydrogens is 385 g/mol. The Morgan fingerprint density at radius 1 is 1.44 bits per heavy atom. The summed E-state index contributed by atoms with van der Waals surface area (Å²) < 4.78 is 13.1. The molecule has 0 saturated heterocycles. The molecule has 1 N–H and O–H groups in total. The molecule has 1 aromatic carbocycles. The number of anilines is 1. The van der Waals surface area contributed by atoms with Gasteiger partial charge in [-0.15, -0.1) is 11.3 Å². The van der Waals surface area contributed by atoms with Crippen molar-refractivity contribution in [3.63, 3.8) is 0 Å². The molecule has 1 atom stereocenters. The zero-order valence-corrected chi connectivity index (χ0v) is 15.5. The molecule has 1 aliphatic rings. The van der Waals surface area contributed by atoms with Gasteiger partial charge in [0.25, 0.3) is 5.91 Å². The summed E-state index contributed by atoms with van der Waals surface area (Å²) in [5.74, 6) is -1.23. The molecule has 5 nitrogen and oxygen atoms in total. The summed E-state index contributed by atoms with van der Waals surface area (Å²) >= 11 is 8.49. The quantitative estimate of drug-likeness (QED) is 0.831. The lowest BCUT2D eigenvalue weighted by molar-refractivity contribution is -0.121. The Kier molecular flexibility index (Phi) is 5.51. The number of thioether (sulfide) groups is 1. The van der Waals surface area contributed by atoms with E-state index in [0.717, 1.165) is 10.7 Å². The zero-order valence-electron chi connectivity index (χ0n) is 13.1. The Hall–Kier alpha value is -1.77. The number of nitrogens with one attached hydrogen (secondary N) is 1. The summed E-state index contributed by atoms with van der Waals surface area (Å²) in [6.07, 6.45) is 0.489. The molecule has 130 valence electrons. The normalized spacial score (nSPS) is 16.8. The molecular formula is C16H13ClFN3O2S2.